The van der Waals surface area contributed by atoms with E-state index in [2.05, 4.69) is 16.0 Å². The number of carbonyl (C=O) groups is 4. The van der Waals surface area contributed by atoms with E-state index >= 15 is 0 Å². The van der Waals surface area contributed by atoms with E-state index in [0.29, 0.717) is 29.7 Å². The van der Waals surface area contributed by atoms with Crippen molar-refractivity contribution in [1.29, 1.82) is 0 Å². The fraction of sp³-hybridized carbons (Fsp3) is 0.290. The first-order chi connectivity index (χ1) is 18.5. The molecule has 0 saturated carbocycles. The van der Waals surface area contributed by atoms with Gasteiger partial charge in [0.25, 0.3) is 11.8 Å². The van der Waals surface area contributed by atoms with Crippen LogP contribution in [0, 0.1) is 5.41 Å². The van der Waals surface area contributed by atoms with Gasteiger partial charge in [0.15, 0.2) is 0 Å². The smallest absolute Gasteiger partial charge is 0.303 e. The number of carbonyl (C=O) groups excluding carboxylic acids is 3. The maximum atomic E-state index is 13.2. The van der Waals surface area contributed by atoms with E-state index in [1.165, 1.54) is 0 Å². The quantitative estimate of drug-likeness (QED) is 0.284. The summed E-state index contributed by atoms with van der Waals surface area (Å²) in [6.45, 7) is 6.23. The number of benzene rings is 3. The maximum Gasteiger partial charge on any atom is 0.303 e. The summed E-state index contributed by atoms with van der Waals surface area (Å²) in [5.41, 5.74) is 2.87. The molecule has 8 heteroatoms. The first-order valence-electron chi connectivity index (χ1n) is 12.8. The van der Waals surface area contributed by atoms with E-state index in [9.17, 15) is 19.2 Å². The molecule has 0 bridgehead atoms. The molecule has 3 amide bonds. The molecule has 204 valence electrons. The Kier molecular flexibility index (Phi) is 9.98. The summed E-state index contributed by atoms with van der Waals surface area (Å²) >= 11 is 0. The Bertz CT molecular complexity index is 1300. The summed E-state index contributed by atoms with van der Waals surface area (Å²) in [5.74, 6) is -1.81. The summed E-state index contributed by atoms with van der Waals surface area (Å²) in [4.78, 5) is 49.5. The predicted octanol–water partition coefficient (Wildman–Crippen LogP) is 4.81. The molecule has 0 saturated heterocycles. The van der Waals surface area contributed by atoms with Gasteiger partial charge in [0, 0.05) is 29.8 Å². The number of hydrogen-bond donors (Lipinski definition) is 4. The average molecular weight is 530 g/mol. The Hall–Kier alpha value is -4.46. The highest BCUT2D eigenvalue weighted by Crippen LogP contribution is 2.22. The van der Waals surface area contributed by atoms with Gasteiger partial charge in [-0.25, -0.2) is 0 Å². The highest BCUT2D eigenvalue weighted by atomic mass is 16.4. The van der Waals surface area contributed by atoms with Gasteiger partial charge < -0.3 is 21.1 Å². The molecule has 0 aliphatic heterocycles. The summed E-state index contributed by atoms with van der Waals surface area (Å²) in [7, 11) is 0. The van der Waals surface area contributed by atoms with Gasteiger partial charge in [-0.2, -0.15) is 0 Å². The minimum atomic E-state index is -0.865. The standard InChI is InChI=1S/C31H35N3O5/c1-31(2,3)19-26(30(39)33-25-15-12-21(13-16-25)14-17-27(35)36)34-29(38)24-11-7-8-22(18-24)20-32-28(37)23-9-5-4-6-10-23/h4-13,15-16,18,26H,14,17,19-20H2,1-3H3,(H,32,37)(H,33,39)(H,34,38)(H,35,36)/t26-/m0/s1. The van der Waals surface area contributed by atoms with Crippen LogP contribution in [-0.2, 0) is 22.6 Å². The molecule has 0 aliphatic rings. The summed E-state index contributed by atoms with van der Waals surface area (Å²) in [6, 6.07) is 22.0. The molecule has 39 heavy (non-hydrogen) atoms. The fourth-order valence-corrected chi connectivity index (χ4v) is 4.00. The second kappa shape index (κ2) is 13.4. The van der Waals surface area contributed by atoms with Crippen molar-refractivity contribution in [2.75, 3.05) is 5.32 Å². The Morgan fingerprint density at radius 1 is 0.795 bits per heavy atom. The maximum absolute atomic E-state index is 13.2. The van der Waals surface area contributed by atoms with Gasteiger partial charge in [-0.1, -0.05) is 63.2 Å². The summed E-state index contributed by atoms with van der Waals surface area (Å²) < 4.78 is 0. The van der Waals surface area contributed by atoms with Crippen LogP contribution in [0.2, 0.25) is 0 Å². The van der Waals surface area contributed by atoms with Crippen molar-refractivity contribution >= 4 is 29.4 Å². The van der Waals surface area contributed by atoms with E-state index in [4.69, 9.17) is 5.11 Å². The molecule has 0 aliphatic carbocycles. The average Bonchev–Trinajstić information content (AvgIpc) is 2.90. The van der Waals surface area contributed by atoms with Gasteiger partial charge in [0.1, 0.15) is 6.04 Å². The lowest BCUT2D eigenvalue weighted by molar-refractivity contribution is -0.137. The summed E-state index contributed by atoms with van der Waals surface area (Å²) in [6.07, 6.45) is 0.849. The number of aryl methyl sites for hydroxylation is 1. The first-order valence-corrected chi connectivity index (χ1v) is 12.8. The molecule has 3 rings (SSSR count). The lowest BCUT2D eigenvalue weighted by atomic mass is 9.87. The molecule has 3 aromatic rings. The van der Waals surface area contributed by atoms with Gasteiger partial charge >= 0.3 is 5.97 Å². The monoisotopic (exact) mass is 529 g/mol. The topological polar surface area (TPSA) is 125 Å². The first kappa shape index (κ1) is 29.1. The molecule has 0 heterocycles. The lowest BCUT2D eigenvalue weighted by Crippen LogP contribution is -2.45. The second-order valence-corrected chi connectivity index (χ2v) is 10.6. The van der Waals surface area contributed by atoms with E-state index in [1.54, 1.807) is 66.7 Å². The Balaban J connectivity index is 1.65. The fourth-order valence-electron chi connectivity index (χ4n) is 4.00. The molecule has 1 atom stereocenters. The zero-order valence-corrected chi connectivity index (χ0v) is 22.5. The third-order valence-corrected chi connectivity index (χ3v) is 5.97. The van der Waals surface area contributed by atoms with Crippen LogP contribution in [0.25, 0.3) is 0 Å². The minimum absolute atomic E-state index is 0.0337. The van der Waals surface area contributed by atoms with Gasteiger partial charge in [0.2, 0.25) is 5.91 Å². The Morgan fingerprint density at radius 3 is 2.10 bits per heavy atom. The van der Waals surface area contributed by atoms with Crippen LogP contribution in [0.3, 0.4) is 0 Å². The molecule has 0 unspecified atom stereocenters. The molecule has 4 N–H and O–H groups in total. The van der Waals surface area contributed by atoms with E-state index in [-0.39, 0.29) is 36.1 Å². The van der Waals surface area contributed by atoms with Gasteiger partial charge in [-0.3, -0.25) is 19.2 Å². The predicted molar refractivity (Wildman–Crippen MR) is 150 cm³/mol. The van der Waals surface area contributed by atoms with Crippen molar-refractivity contribution in [3.05, 3.63) is 101 Å². The van der Waals surface area contributed by atoms with E-state index in [1.807, 2.05) is 32.9 Å². The van der Waals surface area contributed by atoms with Gasteiger partial charge in [-0.05, 0) is 65.8 Å². The molecule has 3 aromatic carbocycles. The van der Waals surface area contributed by atoms with Crippen LogP contribution in [0.5, 0.6) is 0 Å². The van der Waals surface area contributed by atoms with Crippen LogP contribution in [0.4, 0.5) is 5.69 Å². The molecule has 0 spiro atoms. The van der Waals surface area contributed by atoms with Crippen LogP contribution in [-0.4, -0.2) is 34.8 Å². The number of nitrogens with one attached hydrogen (secondary N) is 3. The number of carboxylic acids is 1. The number of carboxylic acid groups (broad SMARTS) is 1. The third-order valence-electron chi connectivity index (χ3n) is 5.97. The van der Waals surface area contributed by atoms with Crippen molar-refractivity contribution < 1.29 is 24.3 Å². The van der Waals surface area contributed by atoms with Crippen LogP contribution in [0.1, 0.15) is 65.5 Å². The number of rotatable bonds is 11. The number of amides is 3. The molecule has 0 aromatic heterocycles. The van der Waals surface area contributed by atoms with Crippen LogP contribution >= 0.6 is 0 Å². The zero-order valence-electron chi connectivity index (χ0n) is 22.5. The SMILES string of the molecule is CC(C)(C)C[C@H](NC(=O)c1cccc(CNC(=O)c2ccccc2)c1)C(=O)Nc1ccc(CCC(=O)O)cc1. The zero-order chi connectivity index (χ0) is 28.4. The molecule has 8 nitrogen and oxygen atoms in total. The van der Waals surface area contributed by atoms with Crippen molar-refractivity contribution in [2.45, 2.75) is 52.6 Å². The molecular formula is C31H35N3O5. The second-order valence-electron chi connectivity index (χ2n) is 10.6. The van der Waals surface area contributed by atoms with E-state index < -0.39 is 12.0 Å². The molecule has 0 radical (unpaired) electrons. The highest BCUT2D eigenvalue weighted by Gasteiger charge is 2.27. The van der Waals surface area contributed by atoms with Crippen molar-refractivity contribution in [2.24, 2.45) is 5.41 Å². The lowest BCUT2D eigenvalue weighted by Gasteiger charge is -2.26. The Labute approximate surface area is 228 Å². The van der Waals surface area contributed by atoms with Crippen molar-refractivity contribution in [3.63, 3.8) is 0 Å². The van der Waals surface area contributed by atoms with Gasteiger partial charge in [0.05, 0.1) is 0 Å². The van der Waals surface area contributed by atoms with Crippen LogP contribution in [0.15, 0.2) is 78.9 Å². The van der Waals surface area contributed by atoms with Crippen LogP contribution < -0.4 is 16.0 Å². The number of aliphatic carboxylic acids is 1. The Morgan fingerprint density at radius 2 is 1.46 bits per heavy atom. The normalized spacial score (nSPS) is 11.8. The summed E-state index contributed by atoms with van der Waals surface area (Å²) in [5, 5.41) is 17.4. The van der Waals surface area contributed by atoms with Crippen molar-refractivity contribution in [1.82, 2.24) is 10.6 Å². The molecule has 0 fully saturated rings. The van der Waals surface area contributed by atoms with E-state index in [0.717, 1.165) is 11.1 Å². The van der Waals surface area contributed by atoms with Crippen molar-refractivity contribution in [3.8, 4) is 0 Å². The third kappa shape index (κ3) is 9.74. The highest BCUT2D eigenvalue weighted by molar-refractivity contribution is 6.01. The minimum Gasteiger partial charge on any atom is -0.481 e. The number of anilines is 1. The number of hydrogen-bond acceptors (Lipinski definition) is 4. The van der Waals surface area contributed by atoms with Gasteiger partial charge in [-0.15, -0.1) is 0 Å². The largest absolute Gasteiger partial charge is 0.481 e. The molecular weight excluding hydrogens is 494 g/mol.